The van der Waals surface area contributed by atoms with Crippen molar-refractivity contribution >= 4 is 5.91 Å². The van der Waals surface area contributed by atoms with Crippen LogP contribution in [0.3, 0.4) is 0 Å². The monoisotopic (exact) mass is 332 g/mol. The summed E-state index contributed by atoms with van der Waals surface area (Å²) in [5.74, 6) is -0.784. The van der Waals surface area contributed by atoms with E-state index in [0.29, 0.717) is 5.56 Å². The number of hydrogen-bond acceptors (Lipinski definition) is 4. The lowest BCUT2D eigenvalue weighted by atomic mass is 9.87. The number of amides is 1. The van der Waals surface area contributed by atoms with Crippen LogP contribution < -0.4 is 5.32 Å². The van der Waals surface area contributed by atoms with Crippen molar-refractivity contribution in [3.8, 4) is 0 Å². The molecule has 1 aliphatic rings. The topological polar surface area (TPSA) is 72.8 Å². The van der Waals surface area contributed by atoms with E-state index < -0.39 is 42.8 Å². The SMILES string of the molecule is CNC(=O)C1C(O)C(F)C(O)C(C(F)F)N1Cc1ccccc1. The molecular weight excluding hydrogens is 313 g/mol. The predicted molar refractivity (Wildman–Crippen MR) is 76.5 cm³/mol. The molecule has 1 aromatic carbocycles. The van der Waals surface area contributed by atoms with Crippen LogP contribution >= 0.6 is 0 Å². The number of halogens is 3. The van der Waals surface area contributed by atoms with Gasteiger partial charge < -0.3 is 15.5 Å². The van der Waals surface area contributed by atoms with E-state index in [0.717, 1.165) is 4.90 Å². The van der Waals surface area contributed by atoms with Crippen LogP contribution in [0.2, 0.25) is 0 Å². The summed E-state index contributed by atoms with van der Waals surface area (Å²) < 4.78 is 40.8. The van der Waals surface area contributed by atoms with Gasteiger partial charge in [-0.2, -0.15) is 0 Å². The van der Waals surface area contributed by atoms with Crippen molar-refractivity contribution in [3.05, 3.63) is 35.9 Å². The summed E-state index contributed by atoms with van der Waals surface area (Å²) in [7, 11) is 1.27. The van der Waals surface area contributed by atoms with Crippen LogP contribution in [0.1, 0.15) is 5.56 Å². The number of piperidine rings is 1. The zero-order valence-electron chi connectivity index (χ0n) is 12.4. The average molecular weight is 332 g/mol. The van der Waals surface area contributed by atoms with E-state index in [1.807, 2.05) is 0 Å². The molecule has 2 rings (SSSR count). The van der Waals surface area contributed by atoms with Gasteiger partial charge in [0, 0.05) is 13.6 Å². The predicted octanol–water partition coefficient (Wildman–Crippen LogP) is 0.310. The van der Waals surface area contributed by atoms with E-state index in [1.54, 1.807) is 30.3 Å². The maximum atomic E-state index is 14.0. The van der Waals surface area contributed by atoms with Crippen molar-refractivity contribution in [2.45, 2.75) is 43.4 Å². The van der Waals surface area contributed by atoms with Gasteiger partial charge in [-0.25, -0.2) is 13.2 Å². The molecule has 0 saturated carbocycles. The Hall–Kier alpha value is -1.64. The number of benzene rings is 1. The maximum absolute atomic E-state index is 14.0. The molecule has 3 N–H and O–H groups in total. The third-order valence-electron chi connectivity index (χ3n) is 4.05. The molecule has 5 atom stereocenters. The van der Waals surface area contributed by atoms with Crippen molar-refractivity contribution in [1.82, 2.24) is 10.2 Å². The Labute approximate surface area is 131 Å². The van der Waals surface area contributed by atoms with Gasteiger partial charge in [-0.15, -0.1) is 0 Å². The van der Waals surface area contributed by atoms with Gasteiger partial charge in [0.25, 0.3) is 6.43 Å². The molecule has 0 spiro atoms. The zero-order valence-corrected chi connectivity index (χ0v) is 12.4. The van der Waals surface area contributed by atoms with Crippen molar-refractivity contribution in [1.29, 1.82) is 0 Å². The fourth-order valence-corrected chi connectivity index (χ4v) is 2.89. The van der Waals surface area contributed by atoms with Gasteiger partial charge in [0.15, 0.2) is 6.17 Å². The molecular formula is C15H19F3N2O3. The summed E-state index contributed by atoms with van der Waals surface area (Å²) in [4.78, 5) is 13.0. The molecule has 1 aromatic rings. The maximum Gasteiger partial charge on any atom is 0.256 e. The van der Waals surface area contributed by atoms with Crippen LogP contribution in [-0.2, 0) is 11.3 Å². The van der Waals surface area contributed by atoms with Crippen molar-refractivity contribution in [3.63, 3.8) is 0 Å². The van der Waals surface area contributed by atoms with Crippen molar-refractivity contribution < 1.29 is 28.2 Å². The molecule has 1 amide bonds. The van der Waals surface area contributed by atoms with Crippen LogP contribution in [0.25, 0.3) is 0 Å². The number of hydrogen-bond donors (Lipinski definition) is 3. The number of aliphatic hydroxyl groups is 2. The molecule has 23 heavy (non-hydrogen) atoms. The summed E-state index contributed by atoms with van der Waals surface area (Å²) in [6.45, 7) is -0.130. The molecule has 1 saturated heterocycles. The van der Waals surface area contributed by atoms with Gasteiger partial charge in [0.2, 0.25) is 5.91 Å². The fraction of sp³-hybridized carbons (Fsp3) is 0.533. The highest BCUT2D eigenvalue weighted by Crippen LogP contribution is 2.31. The van der Waals surface area contributed by atoms with E-state index in [4.69, 9.17) is 0 Å². The Morgan fingerprint density at radius 3 is 2.39 bits per heavy atom. The van der Waals surface area contributed by atoms with Gasteiger partial charge in [0.1, 0.15) is 24.3 Å². The van der Waals surface area contributed by atoms with Gasteiger partial charge in [0.05, 0.1) is 0 Å². The normalized spacial score (nSPS) is 32.0. The van der Waals surface area contributed by atoms with Gasteiger partial charge in [-0.05, 0) is 5.56 Å². The summed E-state index contributed by atoms with van der Waals surface area (Å²) in [5, 5.41) is 22.0. The van der Waals surface area contributed by atoms with E-state index in [2.05, 4.69) is 5.32 Å². The average Bonchev–Trinajstić information content (AvgIpc) is 2.53. The highest BCUT2D eigenvalue weighted by Gasteiger charge is 2.54. The molecule has 5 unspecified atom stereocenters. The molecule has 1 aliphatic heterocycles. The largest absolute Gasteiger partial charge is 0.388 e. The Balaban J connectivity index is 2.40. The number of alkyl halides is 3. The Morgan fingerprint density at radius 1 is 1.26 bits per heavy atom. The number of carbonyl (C=O) groups is 1. The molecule has 5 nitrogen and oxygen atoms in total. The van der Waals surface area contributed by atoms with Gasteiger partial charge in [-0.1, -0.05) is 30.3 Å². The van der Waals surface area contributed by atoms with Crippen LogP contribution in [0.15, 0.2) is 30.3 Å². The number of likely N-dealkylation sites (N-methyl/N-ethyl adjacent to an activating group) is 1. The van der Waals surface area contributed by atoms with E-state index in [9.17, 15) is 28.2 Å². The number of likely N-dealkylation sites (tertiary alicyclic amines) is 1. The Bertz CT molecular complexity index is 532. The second kappa shape index (κ2) is 7.29. The number of aliphatic hydroxyl groups excluding tert-OH is 2. The molecule has 8 heteroatoms. The first-order valence-electron chi connectivity index (χ1n) is 7.18. The van der Waals surface area contributed by atoms with Crippen LogP contribution in [0.5, 0.6) is 0 Å². The lowest BCUT2D eigenvalue weighted by Crippen LogP contribution is -2.69. The Kier molecular flexibility index (Phi) is 5.61. The first kappa shape index (κ1) is 17.7. The minimum atomic E-state index is -3.08. The summed E-state index contributed by atoms with van der Waals surface area (Å²) in [6.07, 6.45) is -9.40. The minimum Gasteiger partial charge on any atom is -0.388 e. The van der Waals surface area contributed by atoms with Crippen molar-refractivity contribution in [2.24, 2.45) is 0 Å². The van der Waals surface area contributed by atoms with Crippen LogP contribution in [-0.4, -0.2) is 65.0 Å². The highest BCUT2D eigenvalue weighted by atomic mass is 19.3. The second-order valence-corrected chi connectivity index (χ2v) is 5.47. The summed E-state index contributed by atoms with van der Waals surface area (Å²) in [5.41, 5.74) is 0.601. The molecule has 1 heterocycles. The first-order chi connectivity index (χ1) is 10.9. The molecule has 0 aliphatic carbocycles. The summed E-state index contributed by atoms with van der Waals surface area (Å²) >= 11 is 0. The second-order valence-electron chi connectivity index (χ2n) is 5.47. The minimum absolute atomic E-state index is 0.130. The summed E-state index contributed by atoms with van der Waals surface area (Å²) in [6, 6.07) is 5.02. The lowest BCUT2D eigenvalue weighted by molar-refractivity contribution is -0.179. The standard InChI is InChI=1S/C15H19F3N2O3/c1-19-15(23)11-13(22)9(16)12(21)10(14(17)18)20(11)7-8-5-3-2-4-6-8/h2-6,9-14,21-22H,7H2,1H3,(H,19,23). The number of carbonyl (C=O) groups excluding carboxylic acids is 1. The van der Waals surface area contributed by atoms with E-state index >= 15 is 0 Å². The zero-order chi connectivity index (χ0) is 17.1. The smallest absolute Gasteiger partial charge is 0.256 e. The fourth-order valence-electron chi connectivity index (χ4n) is 2.89. The number of nitrogens with one attached hydrogen (secondary N) is 1. The van der Waals surface area contributed by atoms with Gasteiger partial charge >= 0.3 is 0 Å². The van der Waals surface area contributed by atoms with E-state index in [1.165, 1.54) is 7.05 Å². The van der Waals surface area contributed by atoms with Crippen LogP contribution in [0, 0.1) is 0 Å². The van der Waals surface area contributed by atoms with Crippen molar-refractivity contribution in [2.75, 3.05) is 7.05 Å². The molecule has 0 radical (unpaired) electrons. The molecule has 0 bridgehead atoms. The first-order valence-corrected chi connectivity index (χ1v) is 7.18. The van der Waals surface area contributed by atoms with Crippen LogP contribution in [0.4, 0.5) is 13.2 Å². The number of rotatable bonds is 4. The van der Waals surface area contributed by atoms with Gasteiger partial charge in [-0.3, -0.25) is 9.69 Å². The number of nitrogens with zero attached hydrogens (tertiary/aromatic N) is 1. The third kappa shape index (κ3) is 3.49. The lowest BCUT2D eigenvalue weighted by Gasteiger charge is -2.47. The molecule has 128 valence electrons. The molecule has 0 aromatic heterocycles. The third-order valence-corrected chi connectivity index (χ3v) is 4.05. The van der Waals surface area contributed by atoms with E-state index in [-0.39, 0.29) is 6.54 Å². The quantitative estimate of drug-likeness (QED) is 0.742. The highest BCUT2D eigenvalue weighted by molar-refractivity contribution is 5.82. The Morgan fingerprint density at radius 2 is 1.87 bits per heavy atom. The molecule has 1 fully saturated rings.